The van der Waals surface area contributed by atoms with Crippen molar-refractivity contribution in [3.8, 4) is 11.8 Å². The Morgan fingerprint density at radius 1 is 1.30 bits per heavy atom. The molecule has 0 aliphatic carbocycles. The summed E-state index contributed by atoms with van der Waals surface area (Å²) in [5.74, 6) is 6.06. The first-order valence-corrected chi connectivity index (χ1v) is 7.74. The fourth-order valence-electron chi connectivity index (χ4n) is 1.93. The number of aliphatic hydroxyl groups excluding tert-OH is 2. The van der Waals surface area contributed by atoms with Gasteiger partial charge in [0.05, 0.1) is 12.3 Å². The highest BCUT2D eigenvalue weighted by molar-refractivity contribution is 6.40. The molecule has 1 aromatic carbocycles. The van der Waals surface area contributed by atoms with Crippen LogP contribution in [-0.2, 0) is 11.2 Å². The highest BCUT2D eigenvalue weighted by Crippen LogP contribution is 2.15. The molecule has 0 unspecified atom stereocenters. The second-order valence-corrected chi connectivity index (χ2v) is 6.13. The van der Waals surface area contributed by atoms with Crippen LogP contribution in [0.1, 0.15) is 43.9 Å². The van der Waals surface area contributed by atoms with E-state index < -0.39 is 5.41 Å². The summed E-state index contributed by atoms with van der Waals surface area (Å²) >= 11 is 0. The Balaban J connectivity index is 3.11. The van der Waals surface area contributed by atoms with Crippen molar-refractivity contribution in [1.29, 1.82) is 0 Å². The van der Waals surface area contributed by atoms with Crippen LogP contribution in [0.25, 0.3) is 0 Å². The zero-order valence-electron chi connectivity index (χ0n) is 14.3. The first kappa shape index (κ1) is 19.1. The van der Waals surface area contributed by atoms with Crippen molar-refractivity contribution in [3.05, 3.63) is 34.9 Å². The third-order valence-corrected chi connectivity index (χ3v) is 3.55. The van der Waals surface area contributed by atoms with Gasteiger partial charge in [-0.15, -0.1) is 0 Å². The lowest BCUT2D eigenvalue weighted by molar-refractivity contribution is -0.112. The Morgan fingerprint density at radius 3 is 2.57 bits per heavy atom. The average molecular weight is 315 g/mol. The van der Waals surface area contributed by atoms with Crippen LogP contribution < -0.4 is 0 Å². The molecule has 4 nitrogen and oxygen atoms in total. The van der Waals surface area contributed by atoms with E-state index in [1.54, 1.807) is 6.92 Å². The maximum absolute atomic E-state index is 11.9. The molecule has 1 aromatic rings. The third kappa shape index (κ3) is 5.97. The van der Waals surface area contributed by atoms with Gasteiger partial charge in [0.25, 0.3) is 0 Å². The molecule has 0 aliphatic rings. The SMILES string of the molecule is CCC(=O)C(Cc1cc(C#CC(C)(C)CO)ccc1C)=NCO. The maximum atomic E-state index is 11.9. The van der Waals surface area contributed by atoms with Gasteiger partial charge in [-0.25, -0.2) is 0 Å². The molecule has 0 aliphatic heterocycles. The quantitative estimate of drug-likeness (QED) is 0.625. The molecular weight excluding hydrogens is 290 g/mol. The number of benzene rings is 1. The lowest BCUT2D eigenvalue weighted by Gasteiger charge is -2.12. The lowest BCUT2D eigenvalue weighted by Crippen LogP contribution is -2.17. The molecule has 0 heterocycles. The summed E-state index contributed by atoms with van der Waals surface area (Å²) in [6, 6.07) is 5.81. The van der Waals surface area contributed by atoms with E-state index >= 15 is 0 Å². The number of rotatable bonds is 6. The van der Waals surface area contributed by atoms with Crippen LogP contribution in [-0.4, -0.2) is 35.0 Å². The van der Waals surface area contributed by atoms with Crippen molar-refractivity contribution < 1.29 is 15.0 Å². The molecule has 2 N–H and O–H groups in total. The van der Waals surface area contributed by atoms with Gasteiger partial charge in [-0.3, -0.25) is 9.79 Å². The van der Waals surface area contributed by atoms with E-state index in [1.165, 1.54) is 0 Å². The molecule has 0 radical (unpaired) electrons. The van der Waals surface area contributed by atoms with Crippen LogP contribution in [0.5, 0.6) is 0 Å². The molecule has 0 spiro atoms. The molecule has 0 fully saturated rings. The van der Waals surface area contributed by atoms with E-state index in [4.69, 9.17) is 5.11 Å². The molecule has 124 valence electrons. The summed E-state index contributed by atoms with van der Waals surface area (Å²) in [6.07, 6.45) is 0.750. The number of hydrogen-bond acceptors (Lipinski definition) is 4. The van der Waals surface area contributed by atoms with E-state index in [0.29, 0.717) is 18.6 Å². The molecule has 0 amide bonds. The molecule has 4 heteroatoms. The van der Waals surface area contributed by atoms with Crippen LogP contribution in [0.3, 0.4) is 0 Å². The molecule has 0 saturated carbocycles. The molecule has 1 rings (SSSR count). The van der Waals surface area contributed by atoms with Gasteiger partial charge in [-0.05, 0) is 44.0 Å². The van der Waals surface area contributed by atoms with Crippen molar-refractivity contribution in [3.63, 3.8) is 0 Å². The second kappa shape index (κ2) is 8.61. The largest absolute Gasteiger partial charge is 0.395 e. The van der Waals surface area contributed by atoms with Gasteiger partial charge >= 0.3 is 0 Å². The molecule has 0 saturated heterocycles. The summed E-state index contributed by atoms with van der Waals surface area (Å²) in [4.78, 5) is 15.8. The maximum Gasteiger partial charge on any atom is 0.176 e. The van der Waals surface area contributed by atoms with Gasteiger partial charge in [0.1, 0.15) is 6.73 Å². The van der Waals surface area contributed by atoms with Gasteiger partial charge in [-0.2, -0.15) is 0 Å². The fourth-order valence-corrected chi connectivity index (χ4v) is 1.93. The van der Waals surface area contributed by atoms with E-state index in [0.717, 1.165) is 16.7 Å². The van der Waals surface area contributed by atoms with Gasteiger partial charge in [0, 0.05) is 23.8 Å². The van der Waals surface area contributed by atoms with Crippen LogP contribution in [0.15, 0.2) is 23.2 Å². The minimum Gasteiger partial charge on any atom is -0.395 e. The third-order valence-electron chi connectivity index (χ3n) is 3.55. The zero-order valence-corrected chi connectivity index (χ0v) is 14.3. The highest BCUT2D eigenvalue weighted by atomic mass is 16.3. The molecular formula is C19H25NO3. The standard InChI is InChI=1S/C19H25NO3/c1-5-18(23)17(20-13-22)11-16-10-15(7-6-14(16)2)8-9-19(3,4)12-21/h6-7,10,21-22H,5,11-13H2,1-4H3. The first-order chi connectivity index (χ1) is 10.8. The number of aliphatic hydroxyl groups is 2. The number of aryl methyl sites for hydroxylation is 1. The minimum atomic E-state index is -0.452. The Morgan fingerprint density at radius 2 is 2.00 bits per heavy atom. The summed E-state index contributed by atoms with van der Waals surface area (Å²) in [7, 11) is 0. The van der Waals surface area contributed by atoms with Crippen molar-refractivity contribution in [2.75, 3.05) is 13.3 Å². The van der Waals surface area contributed by atoms with Crippen LogP contribution in [0, 0.1) is 24.2 Å². The minimum absolute atomic E-state index is 0.00295. The molecule has 0 aromatic heterocycles. The van der Waals surface area contributed by atoms with Crippen molar-refractivity contribution in [2.24, 2.45) is 10.4 Å². The Hall–Kier alpha value is -1.96. The van der Waals surface area contributed by atoms with Crippen LogP contribution in [0.4, 0.5) is 0 Å². The lowest BCUT2D eigenvalue weighted by atomic mass is 9.94. The monoisotopic (exact) mass is 315 g/mol. The average Bonchev–Trinajstić information content (AvgIpc) is 2.54. The number of hydrogen-bond donors (Lipinski definition) is 2. The number of Topliss-reactive ketones (excluding diaryl/α,β-unsaturated/α-hetero) is 1. The molecule has 23 heavy (non-hydrogen) atoms. The smallest absolute Gasteiger partial charge is 0.176 e. The number of nitrogens with zero attached hydrogens (tertiary/aromatic N) is 1. The van der Waals surface area contributed by atoms with Gasteiger partial charge in [-0.1, -0.05) is 24.8 Å². The van der Waals surface area contributed by atoms with E-state index in [2.05, 4.69) is 16.8 Å². The summed E-state index contributed by atoms with van der Waals surface area (Å²) in [5.41, 5.74) is 2.78. The van der Waals surface area contributed by atoms with Crippen molar-refractivity contribution >= 4 is 11.5 Å². The number of aliphatic imine (C=N–C) groups is 1. The van der Waals surface area contributed by atoms with Crippen molar-refractivity contribution in [1.82, 2.24) is 0 Å². The Kier molecular flexibility index (Phi) is 7.15. The normalized spacial score (nSPS) is 11.8. The van der Waals surface area contributed by atoms with Crippen molar-refractivity contribution in [2.45, 2.75) is 40.5 Å². The fraction of sp³-hybridized carbons (Fsp3) is 0.474. The number of carbonyl (C=O) groups is 1. The second-order valence-electron chi connectivity index (χ2n) is 6.13. The number of ketones is 1. The van der Waals surface area contributed by atoms with E-state index in [1.807, 2.05) is 39.0 Å². The van der Waals surface area contributed by atoms with Crippen LogP contribution in [0.2, 0.25) is 0 Å². The molecule has 0 atom stereocenters. The van der Waals surface area contributed by atoms with E-state index in [9.17, 15) is 9.90 Å². The number of carbonyl (C=O) groups excluding carboxylic acids is 1. The first-order valence-electron chi connectivity index (χ1n) is 7.74. The Labute approximate surface area is 138 Å². The Bertz CT molecular complexity index is 648. The summed E-state index contributed by atoms with van der Waals surface area (Å²) < 4.78 is 0. The summed E-state index contributed by atoms with van der Waals surface area (Å²) in [6.45, 7) is 7.11. The van der Waals surface area contributed by atoms with E-state index in [-0.39, 0.29) is 19.1 Å². The van der Waals surface area contributed by atoms with Gasteiger partial charge < -0.3 is 10.2 Å². The highest BCUT2D eigenvalue weighted by Gasteiger charge is 2.13. The van der Waals surface area contributed by atoms with Crippen LogP contribution >= 0.6 is 0 Å². The predicted octanol–water partition coefficient (Wildman–Crippen LogP) is 2.28. The van der Waals surface area contributed by atoms with Gasteiger partial charge in [0.2, 0.25) is 0 Å². The molecule has 0 bridgehead atoms. The van der Waals surface area contributed by atoms with Gasteiger partial charge in [0.15, 0.2) is 5.78 Å². The zero-order chi connectivity index (χ0) is 17.5. The summed E-state index contributed by atoms with van der Waals surface area (Å²) in [5, 5.41) is 18.3. The topological polar surface area (TPSA) is 69.9 Å². The predicted molar refractivity (Wildman–Crippen MR) is 92.4 cm³/mol.